The Bertz CT molecular complexity index is 995. The molecule has 1 aliphatic heterocycles. The lowest BCUT2D eigenvalue weighted by molar-refractivity contribution is 0.0240. The fourth-order valence-corrected chi connectivity index (χ4v) is 3.51. The monoisotopic (exact) mass is 434 g/mol. The van der Waals surface area contributed by atoms with E-state index in [1.807, 2.05) is 52.2 Å². The molecule has 32 heavy (non-hydrogen) atoms. The van der Waals surface area contributed by atoms with Crippen LogP contribution in [-0.4, -0.2) is 52.7 Å². The number of hydrogen-bond acceptors (Lipinski definition) is 5. The first-order valence-electron chi connectivity index (χ1n) is 11.1. The number of ether oxygens (including phenoxy) is 1. The Morgan fingerprint density at radius 2 is 1.78 bits per heavy atom. The third-order valence-corrected chi connectivity index (χ3v) is 5.41. The van der Waals surface area contributed by atoms with E-state index in [0.29, 0.717) is 13.1 Å². The summed E-state index contributed by atoms with van der Waals surface area (Å²) in [6, 6.07) is 8.22. The number of hydrogen-bond donors (Lipinski definition) is 0. The summed E-state index contributed by atoms with van der Waals surface area (Å²) in [7, 11) is 0. The summed E-state index contributed by atoms with van der Waals surface area (Å²) in [5, 5.41) is 0. The Balaban J connectivity index is 1.66. The summed E-state index contributed by atoms with van der Waals surface area (Å²) in [5.41, 5.74) is 5.01. The van der Waals surface area contributed by atoms with Crippen molar-refractivity contribution in [2.24, 2.45) is 0 Å². The maximum absolute atomic E-state index is 12.3. The zero-order valence-corrected chi connectivity index (χ0v) is 20.1. The molecule has 0 atom stereocenters. The van der Waals surface area contributed by atoms with Crippen molar-refractivity contribution in [2.75, 3.05) is 31.1 Å². The molecule has 0 radical (unpaired) electrons. The van der Waals surface area contributed by atoms with Crippen molar-refractivity contribution in [1.29, 1.82) is 0 Å². The lowest BCUT2D eigenvalue weighted by Gasteiger charge is -2.36. The highest BCUT2D eigenvalue weighted by molar-refractivity contribution is 5.71. The third-order valence-electron chi connectivity index (χ3n) is 5.41. The SMILES string of the molecule is C/C=C(C)\C=C(/C)c1ccnc(-c2ccc(N3CCN(C(=O)OC(C)(C)C)CC3)nc2)c1. The van der Waals surface area contributed by atoms with Gasteiger partial charge in [-0.3, -0.25) is 4.98 Å². The van der Waals surface area contributed by atoms with Crippen molar-refractivity contribution in [2.45, 2.75) is 47.1 Å². The summed E-state index contributed by atoms with van der Waals surface area (Å²) >= 11 is 0. The minimum absolute atomic E-state index is 0.250. The number of carbonyl (C=O) groups is 1. The largest absolute Gasteiger partial charge is 0.444 e. The fraction of sp³-hybridized carbons (Fsp3) is 0.423. The molecule has 1 fully saturated rings. The smallest absolute Gasteiger partial charge is 0.410 e. The molecule has 0 unspecified atom stereocenters. The summed E-state index contributed by atoms with van der Waals surface area (Å²) in [4.78, 5) is 25.4. The predicted octanol–water partition coefficient (Wildman–Crippen LogP) is 5.57. The van der Waals surface area contributed by atoms with Crippen LogP contribution in [0.1, 0.15) is 47.1 Å². The second kappa shape index (κ2) is 9.98. The Hall–Kier alpha value is -3.15. The summed E-state index contributed by atoms with van der Waals surface area (Å²) in [5.74, 6) is 0.911. The van der Waals surface area contributed by atoms with Crippen LogP contribution >= 0.6 is 0 Å². The van der Waals surface area contributed by atoms with Gasteiger partial charge in [0.1, 0.15) is 11.4 Å². The molecule has 0 spiro atoms. The highest BCUT2D eigenvalue weighted by Crippen LogP contribution is 2.24. The van der Waals surface area contributed by atoms with E-state index in [0.717, 1.165) is 35.7 Å². The van der Waals surface area contributed by atoms with Gasteiger partial charge in [0.15, 0.2) is 0 Å². The van der Waals surface area contributed by atoms with E-state index in [9.17, 15) is 4.79 Å². The van der Waals surface area contributed by atoms with Crippen LogP contribution in [0.2, 0.25) is 0 Å². The minimum atomic E-state index is -0.475. The van der Waals surface area contributed by atoms with E-state index in [1.54, 1.807) is 4.90 Å². The van der Waals surface area contributed by atoms with Gasteiger partial charge in [-0.15, -0.1) is 0 Å². The number of allylic oxidation sites excluding steroid dienone is 4. The minimum Gasteiger partial charge on any atom is -0.444 e. The molecule has 1 amide bonds. The zero-order chi connectivity index (χ0) is 23.3. The predicted molar refractivity (Wildman–Crippen MR) is 131 cm³/mol. The molecule has 170 valence electrons. The number of pyridine rings is 2. The quantitative estimate of drug-likeness (QED) is 0.589. The van der Waals surface area contributed by atoms with Gasteiger partial charge in [-0.1, -0.05) is 17.7 Å². The molecular formula is C26H34N4O2. The molecular weight excluding hydrogens is 400 g/mol. The highest BCUT2D eigenvalue weighted by Gasteiger charge is 2.26. The molecule has 6 nitrogen and oxygen atoms in total. The highest BCUT2D eigenvalue weighted by atomic mass is 16.6. The first-order chi connectivity index (χ1) is 15.2. The first kappa shape index (κ1) is 23.5. The Labute approximate surface area is 191 Å². The molecule has 3 rings (SSSR count). The number of carbonyl (C=O) groups excluding carboxylic acids is 1. The number of aromatic nitrogens is 2. The average Bonchev–Trinajstić information content (AvgIpc) is 2.78. The molecule has 1 saturated heterocycles. The van der Waals surface area contributed by atoms with Crippen LogP contribution in [0.4, 0.5) is 10.6 Å². The number of amides is 1. The number of nitrogens with zero attached hydrogens (tertiary/aromatic N) is 4. The molecule has 0 bridgehead atoms. The van der Waals surface area contributed by atoms with Gasteiger partial charge in [-0.2, -0.15) is 0 Å². The average molecular weight is 435 g/mol. The van der Waals surface area contributed by atoms with E-state index in [4.69, 9.17) is 4.74 Å². The molecule has 0 N–H and O–H groups in total. The molecule has 2 aromatic rings. The van der Waals surface area contributed by atoms with Gasteiger partial charge in [0.25, 0.3) is 0 Å². The zero-order valence-electron chi connectivity index (χ0n) is 20.1. The lowest BCUT2D eigenvalue weighted by Crippen LogP contribution is -2.50. The van der Waals surface area contributed by atoms with Crippen LogP contribution in [0.25, 0.3) is 16.8 Å². The first-order valence-corrected chi connectivity index (χ1v) is 11.1. The molecule has 0 aliphatic carbocycles. The van der Waals surface area contributed by atoms with Crippen molar-refractivity contribution in [3.8, 4) is 11.3 Å². The maximum atomic E-state index is 12.3. The number of rotatable bonds is 4. The van der Waals surface area contributed by atoms with Crippen molar-refractivity contribution in [1.82, 2.24) is 14.9 Å². The van der Waals surface area contributed by atoms with Gasteiger partial charge in [-0.25, -0.2) is 9.78 Å². The Kier molecular flexibility index (Phi) is 7.33. The molecule has 0 saturated carbocycles. The van der Waals surface area contributed by atoms with Crippen LogP contribution in [-0.2, 0) is 4.74 Å². The van der Waals surface area contributed by atoms with Crippen LogP contribution in [0.5, 0.6) is 0 Å². The molecule has 6 heteroatoms. The lowest BCUT2D eigenvalue weighted by atomic mass is 10.0. The Morgan fingerprint density at radius 1 is 1.06 bits per heavy atom. The van der Waals surface area contributed by atoms with Crippen LogP contribution in [0.15, 0.2) is 54.4 Å². The van der Waals surface area contributed by atoms with Crippen molar-refractivity contribution in [3.05, 3.63) is 59.9 Å². The van der Waals surface area contributed by atoms with E-state index in [1.165, 1.54) is 11.1 Å². The summed E-state index contributed by atoms with van der Waals surface area (Å²) in [6.45, 7) is 14.6. The van der Waals surface area contributed by atoms with Crippen LogP contribution in [0.3, 0.4) is 0 Å². The van der Waals surface area contributed by atoms with Gasteiger partial charge >= 0.3 is 6.09 Å². The number of anilines is 1. The van der Waals surface area contributed by atoms with Crippen LogP contribution < -0.4 is 4.90 Å². The second-order valence-corrected chi connectivity index (χ2v) is 9.15. The van der Waals surface area contributed by atoms with Crippen molar-refractivity contribution < 1.29 is 9.53 Å². The van der Waals surface area contributed by atoms with Crippen molar-refractivity contribution >= 4 is 17.5 Å². The molecule has 0 aromatic carbocycles. The van der Waals surface area contributed by atoms with E-state index in [2.05, 4.69) is 53.0 Å². The van der Waals surface area contributed by atoms with E-state index < -0.39 is 5.60 Å². The summed E-state index contributed by atoms with van der Waals surface area (Å²) in [6.07, 6.45) is 7.74. The fourth-order valence-electron chi connectivity index (χ4n) is 3.51. The second-order valence-electron chi connectivity index (χ2n) is 9.15. The van der Waals surface area contributed by atoms with Crippen molar-refractivity contribution in [3.63, 3.8) is 0 Å². The normalized spacial score (nSPS) is 15.7. The van der Waals surface area contributed by atoms with Gasteiger partial charge in [-0.05, 0) is 76.9 Å². The molecule has 1 aliphatic rings. The standard InChI is InChI=1S/C26H34N4O2/c1-7-19(2)16-20(3)21-10-11-27-23(17-21)22-8-9-24(28-18-22)29-12-14-30(15-13-29)25(31)32-26(4,5)6/h7-11,16-18H,12-15H2,1-6H3/b19-7-,20-16+. The van der Waals surface area contributed by atoms with E-state index >= 15 is 0 Å². The van der Waals surface area contributed by atoms with E-state index in [-0.39, 0.29) is 6.09 Å². The Morgan fingerprint density at radius 3 is 2.38 bits per heavy atom. The van der Waals surface area contributed by atoms with Gasteiger partial charge in [0.2, 0.25) is 0 Å². The third kappa shape index (κ3) is 6.19. The maximum Gasteiger partial charge on any atom is 0.410 e. The molecule has 3 heterocycles. The topological polar surface area (TPSA) is 58.6 Å². The molecule has 2 aromatic heterocycles. The van der Waals surface area contributed by atoms with Gasteiger partial charge in [0, 0.05) is 44.1 Å². The van der Waals surface area contributed by atoms with Crippen LogP contribution in [0, 0.1) is 0 Å². The van der Waals surface area contributed by atoms with Gasteiger partial charge < -0.3 is 14.5 Å². The number of piperazine rings is 1. The van der Waals surface area contributed by atoms with Gasteiger partial charge in [0.05, 0.1) is 5.69 Å². The summed E-state index contributed by atoms with van der Waals surface area (Å²) < 4.78 is 5.48.